The Balaban J connectivity index is 3.26. The van der Waals surface area contributed by atoms with Crippen molar-refractivity contribution in [2.45, 2.75) is 13.0 Å². The summed E-state index contributed by atoms with van der Waals surface area (Å²) in [5.41, 5.74) is 11.8. The van der Waals surface area contributed by atoms with E-state index in [0.717, 1.165) is 5.56 Å². The molecule has 0 aliphatic rings. The molecule has 0 aromatic heterocycles. The average molecular weight is 196 g/mol. The SMILES string of the molecule is Cc1cc(N)c(O)c([C@@H](N)C(=O)O)c1. The molecule has 1 aromatic carbocycles. The van der Waals surface area contributed by atoms with Crippen molar-refractivity contribution in [1.29, 1.82) is 0 Å². The van der Waals surface area contributed by atoms with Crippen molar-refractivity contribution in [1.82, 2.24) is 0 Å². The molecule has 0 saturated heterocycles. The van der Waals surface area contributed by atoms with Gasteiger partial charge < -0.3 is 21.7 Å². The maximum Gasteiger partial charge on any atom is 0.325 e. The van der Waals surface area contributed by atoms with Gasteiger partial charge in [-0.05, 0) is 18.6 Å². The predicted molar refractivity (Wildman–Crippen MR) is 51.8 cm³/mol. The molecule has 5 nitrogen and oxygen atoms in total. The summed E-state index contributed by atoms with van der Waals surface area (Å²) in [6.45, 7) is 1.74. The van der Waals surface area contributed by atoms with Gasteiger partial charge in [0.05, 0.1) is 5.69 Å². The summed E-state index contributed by atoms with van der Waals surface area (Å²) in [6.07, 6.45) is 0. The number of nitrogen functional groups attached to an aromatic ring is 1. The third kappa shape index (κ3) is 1.77. The van der Waals surface area contributed by atoms with Gasteiger partial charge in [-0.2, -0.15) is 0 Å². The van der Waals surface area contributed by atoms with Crippen LogP contribution in [0.25, 0.3) is 0 Å². The van der Waals surface area contributed by atoms with Gasteiger partial charge in [-0.15, -0.1) is 0 Å². The minimum absolute atomic E-state index is 0.134. The fourth-order valence-electron chi connectivity index (χ4n) is 1.21. The molecule has 0 aliphatic carbocycles. The molecule has 76 valence electrons. The number of rotatable bonds is 2. The Kier molecular flexibility index (Phi) is 2.62. The molecule has 0 unspecified atom stereocenters. The molecule has 0 bridgehead atoms. The molecule has 1 rings (SSSR count). The smallest absolute Gasteiger partial charge is 0.325 e. The molecule has 0 saturated carbocycles. The molecule has 1 aromatic rings. The fourth-order valence-corrected chi connectivity index (χ4v) is 1.21. The van der Waals surface area contributed by atoms with Crippen molar-refractivity contribution < 1.29 is 15.0 Å². The molecule has 6 N–H and O–H groups in total. The van der Waals surface area contributed by atoms with Crippen LogP contribution in [0, 0.1) is 6.92 Å². The van der Waals surface area contributed by atoms with Crippen molar-refractivity contribution in [2.75, 3.05) is 5.73 Å². The van der Waals surface area contributed by atoms with Crippen LogP contribution in [0.15, 0.2) is 12.1 Å². The van der Waals surface area contributed by atoms with Crippen LogP contribution < -0.4 is 11.5 Å². The van der Waals surface area contributed by atoms with Crippen LogP contribution in [0.3, 0.4) is 0 Å². The second kappa shape index (κ2) is 3.55. The van der Waals surface area contributed by atoms with Gasteiger partial charge in [-0.25, -0.2) is 0 Å². The topological polar surface area (TPSA) is 110 Å². The minimum atomic E-state index is -1.25. The number of hydrogen-bond donors (Lipinski definition) is 4. The number of carboxylic acid groups (broad SMARTS) is 1. The lowest BCUT2D eigenvalue weighted by Gasteiger charge is -2.11. The average Bonchev–Trinajstić information content (AvgIpc) is 2.09. The van der Waals surface area contributed by atoms with E-state index in [1.807, 2.05) is 0 Å². The lowest BCUT2D eigenvalue weighted by atomic mass is 10.0. The largest absolute Gasteiger partial charge is 0.505 e. The van der Waals surface area contributed by atoms with Crippen molar-refractivity contribution >= 4 is 11.7 Å². The van der Waals surface area contributed by atoms with Crippen molar-refractivity contribution in [2.24, 2.45) is 5.73 Å². The number of aromatic hydroxyl groups is 1. The van der Waals surface area contributed by atoms with Crippen molar-refractivity contribution in [3.05, 3.63) is 23.3 Å². The molecule has 14 heavy (non-hydrogen) atoms. The standard InChI is InChI=1S/C9H12N2O3/c1-4-2-5(7(11)9(13)14)8(12)6(10)3-4/h2-3,7,12H,10-11H2,1H3,(H,13,14)/t7-/m1/s1. The summed E-state index contributed by atoms with van der Waals surface area (Å²) in [5, 5.41) is 18.1. The lowest BCUT2D eigenvalue weighted by Crippen LogP contribution is -2.21. The van der Waals surface area contributed by atoms with Crippen molar-refractivity contribution in [3.8, 4) is 5.75 Å². The first-order chi connectivity index (χ1) is 6.43. The number of aliphatic carboxylic acids is 1. The number of phenolic OH excluding ortho intramolecular Hbond substituents is 1. The zero-order chi connectivity index (χ0) is 10.9. The first-order valence-electron chi connectivity index (χ1n) is 4.01. The zero-order valence-corrected chi connectivity index (χ0v) is 7.69. The summed E-state index contributed by atoms with van der Waals surface area (Å²) in [6, 6.07) is 1.80. The number of aryl methyl sites for hydroxylation is 1. The Morgan fingerprint density at radius 3 is 2.57 bits per heavy atom. The second-order valence-electron chi connectivity index (χ2n) is 3.11. The van der Waals surface area contributed by atoms with E-state index in [9.17, 15) is 9.90 Å². The van der Waals surface area contributed by atoms with Crippen LogP contribution in [0.2, 0.25) is 0 Å². The van der Waals surface area contributed by atoms with Gasteiger partial charge in [0.25, 0.3) is 0 Å². The van der Waals surface area contributed by atoms with Gasteiger partial charge in [-0.3, -0.25) is 4.79 Å². The third-order valence-electron chi connectivity index (χ3n) is 1.91. The molecule has 0 heterocycles. The summed E-state index contributed by atoms with van der Waals surface area (Å²) in [7, 11) is 0. The molecule has 0 fully saturated rings. The predicted octanol–water partition coefficient (Wildman–Crippen LogP) is 0.367. The highest BCUT2D eigenvalue weighted by atomic mass is 16.4. The Labute approximate surface area is 81.0 Å². The van der Waals surface area contributed by atoms with E-state index in [1.54, 1.807) is 13.0 Å². The molecule has 0 amide bonds. The van der Waals surface area contributed by atoms with Crippen LogP contribution >= 0.6 is 0 Å². The highest BCUT2D eigenvalue weighted by Crippen LogP contribution is 2.30. The van der Waals surface area contributed by atoms with E-state index >= 15 is 0 Å². The van der Waals surface area contributed by atoms with Gasteiger partial charge in [0.1, 0.15) is 11.8 Å². The van der Waals surface area contributed by atoms with E-state index in [-0.39, 0.29) is 17.0 Å². The van der Waals surface area contributed by atoms with Crippen LogP contribution in [0.5, 0.6) is 5.75 Å². The summed E-state index contributed by atoms with van der Waals surface area (Å²) in [4.78, 5) is 10.6. The van der Waals surface area contributed by atoms with Gasteiger partial charge in [0, 0.05) is 5.56 Å². The number of hydrogen-bond acceptors (Lipinski definition) is 4. The van der Waals surface area contributed by atoms with Gasteiger partial charge in [-0.1, -0.05) is 6.07 Å². The van der Waals surface area contributed by atoms with Gasteiger partial charge in [0.2, 0.25) is 0 Å². The number of nitrogens with two attached hydrogens (primary N) is 2. The van der Waals surface area contributed by atoms with Crippen LogP contribution in [-0.2, 0) is 4.79 Å². The number of phenols is 1. The van der Waals surface area contributed by atoms with E-state index in [4.69, 9.17) is 16.6 Å². The number of benzene rings is 1. The van der Waals surface area contributed by atoms with Crippen LogP contribution in [-0.4, -0.2) is 16.2 Å². The summed E-state index contributed by atoms with van der Waals surface area (Å²) in [5.74, 6) is -1.46. The van der Waals surface area contributed by atoms with Crippen LogP contribution in [0.4, 0.5) is 5.69 Å². The molecule has 1 atom stereocenters. The fraction of sp³-hybridized carbons (Fsp3) is 0.222. The quantitative estimate of drug-likeness (QED) is 0.403. The van der Waals surface area contributed by atoms with Crippen molar-refractivity contribution in [3.63, 3.8) is 0 Å². The highest BCUT2D eigenvalue weighted by molar-refractivity contribution is 5.78. The minimum Gasteiger partial charge on any atom is -0.505 e. The molecular weight excluding hydrogens is 184 g/mol. The Morgan fingerprint density at radius 1 is 1.50 bits per heavy atom. The maximum absolute atomic E-state index is 10.6. The number of anilines is 1. The summed E-state index contributed by atoms with van der Waals surface area (Å²) >= 11 is 0. The lowest BCUT2D eigenvalue weighted by molar-refractivity contribution is -0.138. The zero-order valence-electron chi connectivity index (χ0n) is 7.69. The first kappa shape index (κ1) is 10.3. The highest BCUT2D eigenvalue weighted by Gasteiger charge is 2.19. The molecular formula is C9H12N2O3. The molecule has 0 spiro atoms. The number of carboxylic acids is 1. The third-order valence-corrected chi connectivity index (χ3v) is 1.91. The summed E-state index contributed by atoms with van der Waals surface area (Å²) < 4.78 is 0. The second-order valence-corrected chi connectivity index (χ2v) is 3.11. The van der Waals surface area contributed by atoms with E-state index in [0.29, 0.717) is 0 Å². The van der Waals surface area contributed by atoms with E-state index in [1.165, 1.54) is 6.07 Å². The van der Waals surface area contributed by atoms with Gasteiger partial charge >= 0.3 is 5.97 Å². The van der Waals surface area contributed by atoms with E-state index in [2.05, 4.69) is 0 Å². The first-order valence-corrected chi connectivity index (χ1v) is 4.01. The van der Waals surface area contributed by atoms with E-state index < -0.39 is 12.0 Å². The Morgan fingerprint density at radius 2 is 2.07 bits per heavy atom. The Hall–Kier alpha value is -1.75. The van der Waals surface area contributed by atoms with Gasteiger partial charge in [0.15, 0.2) is 0 Å². The number of carbonyl (C=O) groups is 1. The van der Waals surface area contributed by atoms with Crippen LogP contribution in [0.1, 0.15) is 17.2 Å². The molecule has 0 aliphatic heterocycles. The molecule has 5 heteroatoms. The monoisotopic (exact) mass is 196 g/mol. The molecule has 0 radical (unpaired) electrons. The normalized spacial score (nSPS) is 12.4. The Bertz CT molecular complexity index is 377. The maximum atomic E-state index is 10.6.